The van der Waals surface area contributed by atoms with E-state index in [1.54, 1.807) is 0 Å². The predicted octanol–water partition coefficient (Wildman–Crippen LogP) is 3.45. The molecule has 0 saturated carbocycles. The van der Waals surface area contributed by atoms with Crippen LogP contribution in [-0.4, -0.2) is 36.1 Å². The maximum absolute atomic E-state index is 13.5. The molecule has 24 heavy (non-hydrogen) atoms. The minimum atomic E-state index is -4.74. The van der Waals surface area contributed by atoms with E-state index in [2.05, 4.69) is 4.74 Å². The van der Waals surface area contributed by atoms with E-state index in [9.17, 15) is 27.5 Å². The van der Waals surface area contributed by atoms with E-state index >= 15 is 0 Å². The van der Waals surface area contributed by atoms with Crippen molar-refractivity contribution in [1.82, 2.24) is 0 Å². The number of ether oxygens (including phenoxy) is 2. The Labute approximate surface area is 136 Å². The average Bonchev–Trinajstić information content (AvgIpc) is 2.78. The highest BCUT2D eigenvalue weighted by Gasteiger charge is 2.66. The molecular formula is C16H18F4O4. The maximum atomic E-state index is 13.5. The van der Waals surface area contributed by atoms with E-state index in [0.717, 1.165) is 20.1 Å². The number of alkyl halides is 3. The van der Waals surface area contributed by atoms with E-state index in [4.69, 9.17) is 4.74 Å². The number of methoxy groups -OCH3 is 1. The first-order valence-corrected chi connectivity index (χ1v) is 7.26. The van der Waals surface area contributed by atoms with Crippen LogP contribution in [0.5, 0.6) is 5.75 Å². The molecule has 2 rings (SSSR count). The fourth-order valence-corrected chi connectivity index (χ4v) is 3.08. The summed E-state index contributed by atoms with van der Waals surface area (Å²) in [6.45, 7) is 3.42. The van der Waals surface area contributed by atoms with Gasteiger partial charge in [0.05, 0.1) is 7.11 Å². The number of phenolic OH excluding ortho intramolecular Hbond substituents is 1. The van der Waals surface area contributed by atoms with Gasteiger partial charge in [-0.3, -0.25) is 0 Å². The van der Waals surface area contributed by atoms with E-state index in [-0.39, 0.29) is 11.1 Å². The molecule has 4 atom stereocenters. The summed E-state index contributed by atoms with van der Waals surface area (Å²) in [6.07, 6.45) is -6.30. The molecule has 4 nitrogen and oxygen atoms in total. The highest BCUT2D eigenvalue weighted by atomic mass is 19.4. The fourth-order valence-electron chi connectivity index (χ4n) is 3.08. The zero-order valence-corrected chi connectivity index (χ0v) is 13.6. The molecule has 0 amide bonds. The van der Waals surface area contributed by atoms with Crippen molar-refractivity contribution in [3.05, 3.63) is 29.1 Å². The fraction of sp³-hybridized carbons (Fsp3) is 0.562. The summed E-state index contributed by atoms with van der Waals surface area (Å²) < 4.78 is 63.6. The van der Waals surface area contributed by atoms with Gasteiger partial charge in [0.2, 0.25) is 0 Å². The Morgan fingerprint density at radius 2 is 1.96 bits per heavy atom. The van der Waals surface area contributed by atoms with Crippen LogP contribution in [0.4, 0.5) is 17.6 Å². The molecule has 1 aromatic rings. The standard InChI is InChI=1S/C16H18F4O4/c1-7-10(17)6-5-9(12(7)21)11-8(2)15(3,16(18,19)20)24-13(11)14(22)23-4/h5-6,8,11,13,21H,1-4H3/t8-,11-,13-,15+/m0/s1. The summed E-state index contributed by atoms with van der Waals surface area (Å²) in [5.41, 5.74) is -2.70. The molecule has 0 spiro atoms. The molecule has 8 heteroatoms. The highest BCUT2D eigenvalue weighted by Crippen LogP contribution is 2.54. The summed E-state index contributed by atoms with van der Waals surface area (Å²) in [4.78, 5) is 12.0. The van der Waals surface area contributed by atoms with Crippen molar-refractivity contribution in [2.45, 2.75) is 44.6 Å². The first-order valence-electron chi connectivity index (χ1n) is 7.26. The minimum absolute atomic E-state index is 0.0183. The van der Waals surface area contributed by atoms with Gasteiger partial charge in [-0.15, -0.1) is 0 Å². The normalized spacial score (nSPS) is 30.4. The summed E-state index contributed by atoms with van der Waals surface area (Å²) in [6, 6.07) is 2.20. The van der Waals surface area contributed by atoms with Gasteiger partial charge in [0.15, 0.2) is 11.7 Å². The van der Waals surface area contributed by atoms with Gasteiger partial charge in [0.1, 0.15) is 11.6 Å². The molecule has 1 saturated heterocycles. The Hall–Kier alpha value is -1.83. The minimum Gasteiger partial charge on any atom is -0.507 e. The molecule has 0 bridgehead atoms. The molecule has 1 aliphatic heterocycles. The Morgan fingerprint density at radius 1 is 1.38 bits per heavy atom. The number of carbonyl (C=O) groups is 1. The zero-order chi connectivity index (χ0) is 18.4. The second kappa shape index (κ2) is 5.91. The SMILES string of the molecule is COC(=O)[C@H]1O[C@@](C)(C(F)(F)F)[C@@H](C)[C@H]1c1ccc(F)c(C)c1O. The van der Waals surface area contributed by atoms with Gasteiger partial charge in [0.25, 0.3) is 0 Å². The van der Waals surface area contributed by atoms with Crippen LogP contribution in [0.3, 0.4) is 0 Å². The third-order valence-electron chi connectivity index (χ3n) is 4.86. The van der Waals surface area contributed by atoms with Gasteiger partial charge < -0.3 is 14.6 Å². The third kappa shape index (κ3) is 2.62. The molecule has 1 aromatic carbocycles. The van der Waals surface area contributed by atoms with Gasteiger partial charge in [-0.25, -0.2) is 9.18 Å². The quantitative estimate of drug-likeness (QED) is 0.656. The van der Waals surface area contributed by atoms with Crippen LogP contribution in [0.25, 0.3) is 0 Å². The van der Waals surface area contributed by atoms with Crippen molar-refractivity contribution in [1.29, 1.82) is 0 Å². The number of rotatable bonds is 2. The Bertz CT molecular complexity index is 658. The van der Waals surface area contributed by atoms with Gasteiger partial charge >= 0.3 is 12.1 Å². The molecule has 0 aromatic heterocycles. The van der Waals surface area contributed by atoms with Gasteiger partial charge in [-0.2, -0.15) is 13.2 Å². The van der Waals surface area contributed by atoms with Gasteiger partial charge in [-0.1, -0.05) is 13.0 Å². The number of aromatic hydroxyl groups is 1. The summed E-state index contributed by atoms with van der Waals surface area (Å²) in [5, 5.41) is 10.2. The van der Waals surface area contributed by atoms with Crippen molar-refractivity contribution in [2.75, 3.05) is 7.11 Å². The summed E-state index contributed by atoms with van der Waals surface area (Å²) >= 11 is 0. The molecule has 134 valence electrons. The van der Waals surface area contributed by atoms with Gasteiger partial charge in [-0.05, 0) is 19.9 Å². The Balaban J connectivity index is 2.61. The lowest BCUT2D eigenvalue weighted by Gasteiger charge is -2.31. The lowest BCUT2D eigenvalue weighted by atomic mass is 9.76. The van der Waals surface area contributed by atoms with Crippen molar-refractivity contribution in [2.24, 2.45) is 5.92 Å². The average molecular weight is 350 g/mol. The van der Waals surface area contributed by atoms with E-state index in [1.807, 2.05) is 0 Å². The van der Waals surface area contributed by atoms with Crippen LogP contribution in [0, 0.1) is 18.7 Å². The second-order valence-corrected chi connectivity index (χ2v) is 6.09. The molecule has 0 aliphatic carbocycles. The van der Waals surface area contributed by atoms with Crippen molar-refractivity contribution in [3.8, 4) is 5.75 Å². The largest absolute Gasteiger partial charge is 0.507 e. The first-order chi connectivity index (χ1) is 11.0. The van der Waals surface area contributed by atoms with Gasteiger partial charge in [0, 0.05) is 23.0 Å². The predicted molar refractivity (Wildman–Crippen MR) is 76.1 cm³/mol. The molecule has 0 unspecified atom stereocenters. The van der Waals surface area contributed by atoms with Crippen LogP contribution < -0.4 is 0 Å². The molecule has 1 fully saturated rings. The smallest absolute Gasteiger partial charge is 0.417 e. The van der Waals surface area contributed by atoms with Crippen LogP contribution in [0.1, 0.15) is 30.9 Å². The van der Waals surface area contributed by atoms with Crippen molar-refractivity contribution in [3.63, 3.8) is 0 Å². The second-order valence-electron chi connectivity index (χ2n) is 6.09. The zero-order valence-electron chi connectivity index (χ0n) is 13.6. The number of carbonyl (C=O) groups excluding carboxylic acids is 1. The first kappa shape index (κ1) is 18.5. The molecule has 1 heterocycles. The van der Waals surface area contributed by atoms with Crippen molar-refractivity contribution >= 4 is 5.97 Å². The topological polar surface area (TPSA) is 55.8 Å². The van der Waals surface area contributed by atoms with Crippen LogP contribution in [-0.2, 0) is 14.3 Å². The third-order valence-corrected chi connectivity index (χ3v) is 4.86. The maximum Gasteiger partial charge on any atom is 0.417 e. The van der Waals surface area contributed by atoms with Crippen molar-refractivity contribution < 1.29 is 36.9 Å². The van der Waals surface area contributed by atoms with Crippen LogP contribution >= 0.6 is 0 Å². The number of hydrogen-bond acceptors (Lipinski definition) is 4. The molecule has 1 N–H and O–H groups in total. The summed E-state index contributed by atoms with van der Waals surface area (Å²) in [7, 11) is 1.03. The monoisotopic (exact) mass is 350 g/mol. The van der Waals surface area contributed by atoms with E-state index in [1.165, 1.54) is 19.9 Å². The number of esters is 1. The number of phenols is 1. The highest BCUT2D eigenvalue weighted by molar-refractivity contribution is 5.77. The van der Waals surface area contributed by atoms with Crippen LogP contribution in [0.2, 0.25) is 0 Å². The van der Waals surface area contributed by atoms with E-state index < -0.39 is 47.3 Å². The molecule has 0 radical (unpaired) electrons. The lowest BCUT2D eigenvalue weighted by Crippen LogP contribution is -2.47. The molecule has 1 aliphatic rings. The number of halogens is 4. The number of hydrogen-bond donors (Lipinski definition) is 1. The van der Waals surface area contributed by atoms with Crippen LogP contribution in [0.15, 0.2) is 12.1 Å². The summed E-state index contributed by atoms with van der Waals surface area (Å²) in [5.74, 6) is -4.52. The lowest BCUT2D eigenvalue weighted by molar-refractivity contribution is -0.274. The molecular weight excluding hydrogens is 332 g/mol. The number of benzene rings is 1. The van der Waals surface area contributed by atoms with E-state index in [0.29, 0.717) is 0 Å². The Morgan fingerprint density at radius 3 is 2.46 bits per heavy atom. The Kier molecular flexibility index (Phi) is 4.56.